The molecule has 0 aromatic heterocycles. The van der Waals surface area contributed by atoms with Gasteiger partial charge in [0.25, 0.3) is 5.91 Å². The molecule has 9 heteroatoms. The van der Waals surface area contributed by atoms with Crippen LogP contribution in [0.25, 0.3) is 0 Å². The van der Waals surface area contributed by atoms with Crippen molar-refractivity contribution in [3.8, 4) is 0 Å². The van der Waals surface area contributed by atoms with E-state index in [-0.39, 0.29) is 12.2 Å². The first-order valence-corrected chi connectivity index (χ1v) is 9.28. The highest BCUT2D eigenvalue weighted by atomic mass is 19.4. The number of carbonyl (C=O) groups excluding carboxylic acids is 1. The lowest BCUT2D eigenvalue weighted by molar-refractivity contribution is -0.143. The predicted octanol–water partition coefficient (Wildman–Crippen LogP) is 2.83. The fourth-order valence-electron chi connectivity index (χ4n) is 3.94. The number of piperidine rings is 1. The minimum atomic E-state index is -4.50. The Morgan fingerprint density at radius 2 is 1.82 bits per heavy atom. The molecule has 1 atom stereocenters. The van der Waals surface area contributed by atoms with Crippen molar-refractivity contribution >= 4 is 11.9 Å². The number of carboxylic acids is 1. The van der Waals surface area contributed by atoms with Gasteiger partial charge in [-0.3, -0.25) is 9.69 Å². The van der Waals surface area contributed by atoms with Crippen molar-refractivity contribution in [2.24, 2.45) is 0 Å². The Labute approximate surface area is 160 Å². The highest BCUT2D eigenvalue weighted by Crippen LogP contribution is 2.39. The number of rotatable bonds is 4. The maximum atomic E-state index is 13.1. The van der Waals surface area contributed by atoms with E-state index in [4.69, 9.17) is 4.74 Å². The number of hydrogen-bond acceptors (Lipinski definition) is 4. The van der Waals surface area contributed by atoms with E-state index < -0.39 is 35.4 Å². The zero-order chi connectivity index (χ0) is 20.5. The smallest absolute Gasteiger partial charge is 0.416 e. The standard InChI is InChI=1S/C19H23F3N2O4/c1-2-9-23-10-7-18(8-11-23)24(15(12-28-18)17(26)27)16(25)13-3-5-14(6-4-13)19(20,21)22/h3-6,15H,2,7-12H2,1H3,(H,26,27)/t15-/m1/s1. The van der Waals surface area contributed by atoms with Gasteiger partial charge < -0.3 is 14.7 Å². The van der Waals surface area contributed by atoms with E-state index in [1.165, 1.54) is 4.90 Å². The van der Waals surface area contributed by atoms with Crippen molar-refractivity contribution < 1.29 is 32.6 Å². The molecule has 0 unspecified atom stereocenters. The molecule has 28 heavy (non-hydrogen) atoms. The SMILES string of the molecule is CCCN1CCC2(CC1)OC[C@H](C(=O)O)N2C(=O)c1ccc(C(F)(F)F)cc1. The number of aliphatic carboxylic acids is 1. The normalized spacial score (nSPS) is 22.6. The van der Waals surface area contributed by atoms with Crippen molar-refractivity contribution in [1.82, 2.24) is 9.80 Å². The van der Waals surface area contributed by atoms with Gasteiger partial charge >= 0.3 is 12.1 Å². The van der Waals surface area contributed by atoms with Crippen LogP contribution in [0.1, 0.15) is 42.1 Å². The van der Waals surface area contributed by atoms with E-state index in [0.29, 0.717) is 25.9 Å². The monoisotopic (exact) mass is 400 g/mol. The van der Waals surface area contributed by atoms with Gasteiger partial charge in [-0.15, -0.1) is 0 Å². The Hall–Kier alpha value is -2.13. The molecular weight excluding hydrogens is 377 g/mol. The van der Waals surface area contributed by atoms with Gasteiger partial charge in [-0.2, -0.15) is 13.2 Å². The number of benzene rings is 1. The van der Waals surface area contributed by atoms with Crippen LogP contribution in [0.5, 0.6) is 0 Å². The summed E-state index contributed by atoms with van der Waals surface area (Å²) in [7, 11) is 0. The lowest BCUT2D eigenvalue weighted by Crippen LogP contribution is -2.58. The molecule has 154 valence electrons. The maximum absolute atomic E-state index is 13.1. The second-order valence-corrected chi connectivity index (χ2v) is 7.20. The van der Waals surface area contributed by atoms with Crippen LogP contribution in [-0.2, 0) is 15.7 Å². The van der Waals surface area contributed by atoms with Gasteiger partial charge in [0.1, 0.15) is 5.72 Å². The first-order valence-electron chi connectivity index (χ1n) is 9.28. The summed E-state index contributed by atoms with van der Waals surface area (Å²) in [4.78, 5) is 28.2. The van der Waals surface area contributed by atoms with Crippen LogP contribution in [0.4, 0.5) is 13.2 Å². The third-order valence-electron chi connectivity index (χ3n) is 5.40. The molecule has 1 aromatic rings. The summed E-state index contributed by atoms with van der Waals surface area (Å²) in [5.41, 5.74) is -1.88. The van der Waals surface area contributed by atoms with Crippen LogP contribution in [0.2, 0.25) is 0 Å². The number of halogens is 3. The molecule has 6 nitrogen and oxygen atoms in total. The van der Waals surface area contributed by atoms with E-state index in [0.717, 1.165) is 37.2 Å². The zero-order valence-corrected chi connectivity index (χ0v) is 15.5. The van der Waals surface area contributed by atoms with Gasteiger partial charge in [0.15, 0.2) is 6.04 Å². The number of nitrogens with zero attached hydrogens (tertiary/aromatic N) is 2. The molecule has 2 heterocycles. The Balaban J connectivity index is 1.86. The highest BCUT2D eigenvalue weighted by molar-refractivity contribution is 5.97. The van der Waals surface area contributed by atoms with Crippen LogP contribution in [0.3, 0.4) is 0 Å². The third-order valence-corrected chi connectivity index (χ3v) is 5.40. The van der Waals surface area contributed by atoms with Crippen LogP contribution in [-0.4, -0.2) is 64.8 Å². The summed E-state index contributed by atoms with van der Waals surface area (Å²) < 4.78 is 44.2. The maximum Gasteiger partial charge on any atom is 0.416 e. The van der Waals surface area contributed by atoms with Crippen molar-refractivity contribution in [2.45, 2.75) is 44.1 Å². The molecule has 1 aromatic carbocycles. The number of amides is 1. The third kappa shape index (κ3) is 3.86. The molecule has 3 rings (SSSR count). The summed E-state index contributed by atoms with van der Waals surface area (Å²) in [5.74, 6) is -1.81. The molecule has 0 bridgehead atoms. The topological polar surface area (TPSA) is 70.1 Å². The predicted molar refractivity (Wildman–Crippen MR) is 93.7 cm³/mol. The number of hydrogen-bond donors (Lipinski definition) is 1. The number of carbonyl (C=O) groups is 2. The molecule has 2 aliphatic rings. The number of likely N-dealkylation sites (tertiary alicyclic amines) is 1. The average molecular weight is 400 g/mol. The summed E-state index contributed by atoms with van der Waals surface area (Å²) in [6, 6.07) is 2.67. The largest absolute Gasteiger partial charge is 0.480 e. The van der Waals surface area contributed by atoms with Gasteiger partial charge in [0, 0.05) is 31.5 Å². The molecule has 0 aliphatic carbocycles. The van der Waals surface area contributed by atoms with Crippen molar-refractivity contribution in [3.05, 3.63) is 35.4 Å². The van der Waals surface area contributed by atoms with Crippen molar-refractivity contribution in [2.75, 3.05) is 26.2 Å². The van der Waals surface area contributed by atoms with Crippen LogP contribution >= 0.6 is 0 Å². The number of carboxylic acid groups (broad SMARTS) is 1. The van der Waals surface area contributed by atoms with E-state index in [1.807, 2.05) is 0 Å². The quantitative estimate of drug-likeness (QED) is 0.842. The first-order chi connectivity index (χ1) is 13.2. The molecule has 1 amide bonds. The number of ether oxygens (including phenoxy) is 1. The van der Waals surface area contributed by atoms with Crippen LogP contribution in [0, 0.1) is 0 Å². The fourth-order valence-corrected chi connectivity index (χ4v) is 3.94. The summed E-state index contributed by atoms with van der Waals surface area (Å²) in [6.45, 7) is 4.17. The Morgan fingerprint density at radius 3 is 2.32 bits per heavy atom. The van der Waals surface area contributed by atoms with Gasteiger partial charge in [0.05, 0.1) is 12.2 Å². The van der Waals surface area contributed by atoms with Gasteiger partial charge in [-0.25, -0.2) is 4.79 Å². The molecule has 0 saturated carbocycles. The fraction of sp³-hybridized carbons (Fsp3) is 0.579. The Morgan fingerprint density at radius 1 is 1.21 bits per heavy atom. The Bertz CT molecular complexity index is 728. The molecule has 1 N–H and O–H groups in total. The minimum absolute atomic E-state index is 0.0140. The van der Waals surface area contributed by atoms with E-state index in [1.54, 1.807) is 0 Å². The van der Waals surface area contributed by atoms with Crippen molar-refractivity contribution in [1.29, 1.82) is 0 Å². The second-order valence-electron chi connectivity index (χ2n) is 7.20. The molecule has 2 fully saturated rings. The van der Waals surface area contributed by atoms with Crippen molar-refractivity contribution in [3.63, 3.8) is 0 Å². The summed E-state index contributed by atoms with van der Waals surface area (Å²) in [6.07, 6.45) is -2.60. The second kappa shape index (κ2) is 7.71. The molecular formula is C19H23F3N2O4. The summed E-state index contributed by atoms with van der Waals surface area (Å²) in [5, 5.41) is 9.55. The lowest BCUT2D eigenvalue weighted by Gasteiger charge is -2.44. The highest BCUT2D eigenvalue weighted by Gasteiger charge is 2.54. The van der Waals surface area contributed by atoms with Crippen LogP contribution < -0.4 is 0 Å². The minimum Gasteiger partial charge on any atom is -0.480 e. The lowest BCUT2D eigenvalue weighted by atomic mass is 9.96. The van der Waals surface area contributed by atoms with E-state index in [2.05, 4.69) is 11.8 Å². The van der Waals surface area contributed by atoms with Gasteiger partial charge in [-0.05, 0) is 37.2 Å². The first kappa shape index (κ1) is 20.6. The van der Waals surface area contributed by atoms with Gasteiger partial charge in [-0.1, -0.05) is 6.92 Å². The van der Waals surface area contributed by atoms with Gasteiger partial charge in [0.2, 0.25) is 0 Å². The zero-order valence-electron chi connectivity index (χ0n) is 15.5. The molecule has 2 saturated heterocycles. The molecule has 1 spiro atoms. The number of alkyl halides is 3. The molecule has 0 radical (unpaired) electrons. The van der Waals surface area contributed by atoms with Crippen LogP contribution in [0.15, 0.2) is 24.3 Å². The molecule has 2 aliphatic heterocycles. The Kier molecular flexibility index (Phi) is 5.67. The van der Waals surface area contributed by atoms with E-state index in [9.17, 15) is 27.9 Å². The van der Waals surface area contributed by atoms with E-state index >= 15 is 0 Å². The average Bonchev–Trinajstić information content (AvgIpc) is 3.02. The summed E-state index contributed by atoms with van der Waals surface area (Å²) >= 11 is 0.